The van der Waals surface area contributed by atoms with Crippen molar-refractivity contribution >= 4 is 11.6 Å². The average molecular weight is 366 g/mol. The van der Waals surface area contributed by atoms with Gasteiger partial charge in [-0.15, -0.1) is 0 Å². The van der Waals surface area contributed by atoms with Gasteiger partial charge in [0.25, 0.3) is 11.1 Å². The van der Waals surface area contributed by atoms with Crippen LogP contribution in [-0.4, -0.2) is 45.5 Å². The van der Waals surface area contributed by atoms with Crippen molar-refractivity contribution in [2.45, 2.75) is 24.9 Å². The number of H-pyrrole nitrogens is 1. The predicted molar refractivity (Wildman–Crippen MR) is 104 cm³/mol. The van der Waals surface area contributed by atoms with E-state index in [1.165, 1.54) is 10.6 Å². The first-order chi connectivity index (χ1) is 13.0. The highest BCUT2D eigenvalue weighted by molar-refractivity contribution is 5.88. The molecule has 1 aliphatic heterocycles. The van der Waals surface area contributed by atoms with Crippen molar-refractivity contribution in [3.63, 3.8) is 0 Å². The van der Waals surface area contributed by atoms with Crippen molar-refractivity contribution in [2.24, 2.45) is 7.05 Å². The van der Waals surface area contributed by atoms with E-state index in [-0.39, 0.29) is 23.1 Å². The molecule has 2 aromatic heterocycles. The lowest BCUT2D eigenvalue weighted by molar-refractivity contribution is -0.130. The van der Waals surface area contributed by atoms with E-state index in [0.29, 0.717) is 24.8 Å². The molecule has 0 spiro atoms. The first-order valence-electron chi connectivity index (χ1n) is 9.07. The number of anilines is 1. The van der Waals surface area contributed by atoms with Gasteiger partial charge in [0, 0.05) is 50.2 Å². The molecule has 0 unspecified atom stereocenters. The summed E-state index contributed by atoms with van der Waals surface area (Å²) in [7, 11) is 1.70. The number of nitrogens with one attached hydrogen (secondary N) is 1. The topological polar surface area (TPSA) is 78.4 Å². The molecule has 1 aliphatic carbocycles. The fraction of sp³-hybridized carbons (Fsp3) is 0.350. The Labute approximate surface area is 156 Å². The predicted octanol–water partition coefficient (Wildman–Crippen LogP) is 1.11. The van der Waals surface area contributed by atoms with Crippen molar-refractivity contribution < 1.29 is 4.79 Å². The highest BCUT2D eigenvalue weighted by atomic mass is 16.2. The van der Waals surface area contributed by atoms with Gasteiger partial charge in [-0.1, -0.05) is 6.58 Å². The molecule has 2 aromatic rings. The van der Waals surface area contributed by atoms with E-state index in [4.69, 9.17) is 0 Å². The lowest BCUT2D eigenvalue weighted by Gasteiger charge is -2.46. The van der Waals surface area contributed by atoms with E-state index in [0.717, 1.165) is 24.0 Å². The molecule has 7 heteroatoms. The van der Waals surface area contributed by atoms with Gasteiger partial charge in [0.15, 0.2) is 0 Å². The molecule has 7 nitrogen and oxygen atoms in total. The van der Waals surface area contributed by atoms with Crippen LogP contribution in [0.5, 0.6) is 0 Å². The number of aryl methyl sites for hydroxylation is 1. The van der Waals surface area contributed by atoms with Crippen molar-refractivity contribution in [1.82, 2.24) is 14.5 Å². The zero-order valence-corrected chi connectivity index (χ0v) is 15.2. The number of pyridine rings is 2. The van der Waals surface area contributed by atoms with Crippen LogP contribution < -0.4 is 16.0 Å². The maximum absolute atomic E-state index is 12.6. The minimum Gasteiger partial charge on any atom is -0.358 e. The fourth-order valence-corrected chi connectivity index (χ4v) is 3.54. The van der Waals surface area contributed by atoms with Crippen LogP contribution in [0.1, 0.15) is 12.8 Å². The summed E-state index contributed by atoms with van der Waals surface area (Å²) in [5, 5.41) is 0. The van der Waals surface area contributed by atoms with E-state index in [1.807, 2.05) is 12.1 Å². The van der Waals surface area contributed by atoms with Gasteiger partial charge in [-0.25, -0.2) is 0 Å². The van der Waals surface area contributed by atoms with E-state index < -0.39 is 0 Å². The maximum atomic E-state index is 12.6. The summed E-state index contributed by atoms with van der Waals surface area (Å²) in [6.07, 6.45) is 6.76. The number of hydrogen-bond donors (Lipinski definition) is 1. The van der Waals surface area contributed by atoms with Gasteiger partial charge in [0.2, 0.25) is 5.91 Å². The number of carbonyl (C=O) groups is 1. The van der Waals surface area contributed by atoms with Crippen LogP contribution in [-0.2, 0) is 11.8 Å². The Kier molecular flexibility index (Phi) is 4.22. The first kappa shape index (κ1) is 17.3. The standard InChI is InChI=1S/C20H22N4O3/c1-3-18(25)23-11-16(12-23)24(15-4-5-15)17-8-14(10-21-20(17)27)13-6-7-22(2)19(26)9-13/h3,6-10,15-16H,1,4-5,11-12H2,2H3,(H,21,27). The molecule has 2 fully saturated rings. The van der Waals surface area contributed by atoms with Gasteiger partial charge < -0.3 is 19.4 Å². The van der Waals surface area contributed by atoms with Crippen LogP contribution in [0.3, 0.4) is 0 Å². The highest BCUT2D eigenvalue weighted by Gasteiger charge is 2.41. The monoisotopic (exact) mass is 366 g/mol. The fourth-order valence-electron chi connectivity index (χ4n) is 3.54. The Morgan fingerprint density at radius 3 is 2.59 bits per heavy atom. The number of likely N-dealkylation sites (tertiary alicyclic amines) is 1. The lowest BCUT2D eigenvalue weighted by Crippen LogP contribution is -2.62. The second-order valence-electron chi connectivity index (χ2n) is 7.21. The molecular weight excluding hydrogens is 344 g/mol. The summed E-state index contributed by atoms with van der Waals surface area (Å²) in [5.41, 5.74) is 1.92. The van der Waals surface area contributed by atoms with Gasteiger partial charge in [0.1, 0.15) is 5.69 Å². The van der Waals surface area contributed by atoms with Crippen LogP contribution >= 0.6 is 0 Å². The molecule has 27 heavy (non-hydrogen) atoms. The van der Waals surface area contributed by atoms with Gasteiger partial charge in [-0.2, -0.15) is 0 Å². The molecule has 1 saturated carbocycles. The van der Waals surface area contributed by atoms with Crippen LogP contribution in [0.25, 0.3) is 11.1 Å². The largest absolute Gasteiger partial charge is 0.358 e. The molecular formula is C20H22N4O3. The normalized spacial score (nSPS) is 16.7. The molecule has 4 rings (SSSR count). The van der Waals surface area contributed by atoms with Gasteiger partial charge in [-0.3, -0.25) is 14.4 Å². The Balaban J connectivity index is 1.66. The number of rotatable bonds is 5. The van der Waals surface area contributed by atoms with Crippen molar-refractivity contribution in [3.8, 4) is 11.1 Å². The SMILES string of the molecule is C=CC(=O)N1CC(N(c2cc(-c3ccn(C)c(=O)c3)c[nH]c2=O)C2CC2)C1. The Hall–Kier alpha value is -3.09. The molecule has 0 radical (unpaired) electrons. The van der Waals surface area contributed by atoms with E-state index in [9.17, 15) is 14.4 Å². The molecule has 0 atom stereocenters. The van der Waals surface area contributed by atoms with E-state index >= 15 is 0 Å². The third-order valence-corrected chi connectivity index (χ3v) is 5.28. The second kappa shape index (κ2) is 6.57. The molecule has 2 aliphatic rings. The van der Waals surface area contributed by atoms with Crippen molar-refractivity contribution in [3.05, 3.63) is 64.0 Å². The summed E-state index contributed by atoms with van der Waals surface area (Å²) in [6.45, 7) is 4.71. The lowest BCUT2D eigenvalue weighted by atomic mass is 10.0. The number of amides is 1. The molecule has 0 bridgehead atoms. The second-order valence-corrected chi connectivity index (χ2v) is 7.21. The number of hydrogen-bond acceptors (Lipinski definition) is 4. The van der Waals surface area contributed by atoms with Gasteiger partial charge in [0.05, 0.1) is 6.04 Å². The zero-order chi connectivity index (χ0) is 19.1. The minimum absolute atomic E-state index is 0.0789. The smallest absolute Gasteiger partial charge is 0.271 e. The van der Waals surface area contributed by atoms with Gasteiger partial charge in [-0.05, 0) is 36.6 Å². The molecule has 0 aromatic carbocycles. The Morgan fingerprint density at radius 1 is 1.22 bits per heavy atom. The third kappa shape index (κ3) is 3.20. The molecule has 140 valence electrons. The Bertz CT molecular complexity index is 1010. The molecule has 1 amide bonds. The minimum atomic E-state index is -0.150. The highest BCUT2D eigenvalue weighted by Crippen LogP contribution is 2.35. The number of carbonyl (C=O) groups excluding carboxylic acids is 1. The Morgan fingerprint density at radius 2 is 1.96 bits per heavy atom. The number of aromatic amines is 1. The molecule has 3 heterocycles. The molecule has 1 saturated heterocycles. The number of aromatic nitrogens is 2. The summed E-state index contributed by atoms with van der Waals surface area (Å²) >= 11 is 0. The molecule has 1 N–H and O–H groups in total. The zero-order valence-electron chi connectivity index (χ0n) is 15.2. The van der Waals surface area contributed by atoms with E-state index in [2.05, 4.69) is 16.5 Å². The third-order valence-electron chi connectivity index (χ3n) is 5.28. The summed E-state index contributed by atoms with van der Waals surface area (Å²) in [4.78, 5) is 42.9. The van der Waals surface area contributed by atoms with Crippen molar-refractivity contribution in [1.29, 1.82) is 0 Å². The average Bonchev–Trinajstić information content (AvgIpc) is 3.45. The van der Waals surface area contributed by atoms with Crippen LogP contribution in [0.15, 0.2) is 52.8 Å². The van der Waals surface area contributed by atoms with Crippen LogP contribution in [0.4, 0.5) is 5.69 Å². The van der Waals surface area contributed by atoms with Gasteiger partial charge >= 0.3 is 0 Å². The number of nitrogens with zero attached hydrogens (tertiary/aromatic N) is 3. The summed E-state index contributed by atoms with van der Waals surface area (Å²) in [5.74, 6) is -0.0789. The maximum Gasteiger partial charge on any atom is 0.271 e. The summed E-state index contributed by atoms with van der Waals surface area (Å²) in [6, 6.07) is 5.72. The van der Waals surface area contributed by atoms with Crippen molar-refractivity contribution in [2.75, 3.05) is 18.0 Å². The van der Waals surface area contributed by atoms with E-state index in [1.54, 1.807) is 30.4 Å². The first-order valence-corrected chi connectivity index (χ1v) is 9.07. The summed E-state index contributed by atoms with van der Waals surface area (Å²) < 4.78 is 1.51. The quantitative estimate of drug-likeness (QED) is 0.804. The van der Waals surface area contributed by atoms with Crippen LogP contribution in [0, 0.1) is 0 Å². The van der Waals surface area contributed by atoms with Crippen LogP contribution in [0.2, 0.25) is 0 Å².